The van der Waals surface area contributed by atoms with E-state index in [0.29, 0.717) is 12.4 Å². The van der Waals surface area contributed by atoms with Crippen molar-refractivity contribution in [2.45, 2.75) is 38.7 Å². The van der Waals surface area contributed by atoms with E-state index in [4.69, 9.17) is 19.8 Å². The van der Waals surface area contributed by atoms with Gasteiger partial charge >= 0.3 is 0 Å². The lowest BCUT2D eigenvalue weighted by Crippen LogP contribution is -2.36. The lowest BCUT2D eigenvalue weighted by atomic mass is 10.2. The molecule has 142 valence electrons. The van der Waals surface area contributed by atoms with Crippen LogP contribution in [-0.2, 0) is 11.2 Å². The van der Waals surface area contributed by atoms with Gasteiger partial charge < -0.3 is 9.64 Å². The first-order chi connectivity index (χ1) is 13.2. The van der Waals surface area contributed by atoms with Crippen molar-refractivity contribution in [3.05, 3.63) is 42.1 Å². The highest BCUT2D eigenvalue weighted by molar-refractivity contribution is 5.74. The first-order valence-electron chi connectivity index (χ1n) is 9.72. The molecule has 1 fully saturated rings. The molecule has 1 atom stereocenters. The Bertz CT molecular complexity index is 908. The molecule has 1 aliphatic rings. The van der Waals surface area contributed by atoms with Crippen molar-refractivity contribution in [1.29, 1.82) is 0 Å². The zero-order chi connectivity index (χ0) is 18.6. The minimum absolute atomic E-state index is 0.107. The molecule has 0 aliphatic carbocycles. The third kappa shape index (κ3) is 3.99. The number of aromatic nitrogens is 5. The minimum atomic E-state index is -0.107. The van der Waals surface area contributed by atoms with E-state index in [-0.39, 0.29) is 6.10 Å². The van der Waals surface area contributed by atoms with Crippen molar-refractivity contribution >= 4 is 11.0 Å². The second kappa shape index (κ2) is 8.10. The second-order valence-corrected chi connectivity index (χ2v) is 7.09. The monoisotopic (exact) mass is 366 g/mol. The largest absolute Gasteiger partial charge is 0.368 e. The summed E-state index contributed by atoms with van der Waals surface area (Å²) in [7, 11) is 2.11. The lowest BCUT2D eigenvalue weighted by Gasteiger charge is -2.29. The molecule has 1 aliphatic heterocycles. The van der Waals surface area contributed by atoms with E-state index in [9.17, 15) is 0 Å². The molecule has 3 aromatic rings. The molecule has 2 aromatic heterocycles. The van der Waals surface area contributed by atoms with Crippen molar-refractivity contribution in [3.8, 4) is 5.82 Å². The summed E-state index contributed by atoms with van der Waals surface area (Å²) in [6, 6.07) is 7.87. The van der Waals surface area contributed by atoms with Gasteiger partial charge in [0.1, 0.15) is 6.10 Å². The molecule has 1 saturated heterocycles. The van der Waals surface area contributed by atoms with Crippen LogP contribution >= 0.6 is 0 Å². The van der Waals surface area contributed by atoms with E-state index in [0.717, 1.165) is 48.6 Å². The van der Waals surface area contributed by atoms with E-state index in [1.807, 2.05) is 28.9 Å². The summed E-state index contributed by atoms with van der Waals surface area (Å²) in [5.74, 6) is 2.36. The fourth-order valence-electron chi connectivity index (χ4n) is 3.37. The Morgan fingerprint density at radius 2 is 2.00 bits per heavy atom. The van der Waals surface area contributed by atoms with Crippen LogP contribution in [0.5, 0.6) is 0 Å². The fraction of sp³-hybridized carbons (Fsp3) is 0.500. The Labute approximate surface area is 159 Å². The molecule has 0 amide bonds. The van der Waals surface area contributed by atoms with E-state index in [1.54, 1.807) is 6.20 Å². The number of morpholine rings is 1. The quantitative estimate of drug-likeness (QED) is 0.625. The second-order valence-electron chi connectivity index (χ2n) is 7.09. The van der Waals surface area contributed by atoms with Gasteiger partial charge in [0.2, 0.25) is 0 Å². The van der Waals surface area contributed by atoms with Crippen molar-refractivity contribution in [2.75, 3.05) is 26.7 Å². The molecule has 7 heteroatoms. The molecule has 1 aromatic carbocycles. The van der Waals surface area contributed by atoms with Gasteiger partial charge in [0, 0.05) is 19.5 Å². The van der Waals surface area contributed by atoms with Crippen molar-refractivity contribution in [2.24, 2.45) is 0 Å². The summed E-state index contributed by atoms with van der Waals surface area (Å²) < 4.78 is 7.83. The van der Waals surface area contributed by atoms with E-state index < -0.39 is 0 Å². The average Bonchev–Trinajstić information content (AvgIpc) is 3.12. The topological polar surface area (TPSA) is 69.0 Å². The Kier molecular flexibility index (Phi) is 5.40. The number of likely N-dealkylation sites (N-methyl/N-ethyl adjacent to an activating group) is 1. The summed E-state index contributed by atoms with van der Waals surface area (Å²) in [5.41, 5.74) is 1.73. The SMILES string of the molecule is CCCCCc1nc(C2CN(C)CCO2)n(-c2cnc3ccccc3n2)n1. The Hall–Kier alpha value is -2.38. The molecule has 3 heterocycles. The Balaban J connectivity index is 1.71. The van der Waals surface area contributed by atoms with Gasteiger partial charge in [0.05, 0.1) is 23.8 Å². The standard InChI is InChI=1S/C20H26N6O/c1-3-4-5-10-18-23-20(17-14-25(2)11-12-27-17)26(24-18)19-13-21-15-8-6-7-9-16(15)22-19/h6-9,13,17H,3-5,10-12,14H2,1-2H3. The molecule has 0 N–H and O–H groups in total. The van der Waals surface area contributed by atoms with Gasteiger partial charge in [-0.3, -0.25) is 4.98 Å². The molecule has 4 rings (SSSR count). The minimum Gasteiger partial charge on any atom is -0.368 e. The van der Waals surface area contributed by atoms with Crippen LogP contribution in [0.1, 0.15) is 43.9 Å². The van der Waals surface area contributed by atoms with Crippen LogP contribution in [0.3, 0.4) is 0 Å². The van der Waals surface area contributed by atoms with Gasteiger partial charge in [-0.15, -0.1) is 5.10 Å². The van der Waals surface area contributed by atoms with Crippen LogP contribution in [0.25, 0.3) is 16.9 Å². The first kappa shape index (κ1) is 18.0. The molecular weight excluding hydrogens is 340 g/mol. The molecule has 7 nitrogen and oxygen atoms in total. The average molecular weight is 366 g/mol. The van der Waals surface area contributed by atoms with Gasteiger partial charge in [-0.25, -0.2) is 9.97 Å². The van der Waals surface area contributed by atoms with Crippen molar-refractivity contribution in [3.63, 3.8) is 0 Å². The summed E-state index contributed by atoms with van der Waals surface area (Å²) in [5, 5.41) is 4.76. The number of ether oxygens (including phenoxy) is 1. The summed E-state index contributed by atoms with van der Waals surface area (Å²) in [6.45, 7) is 4.63. The number of hydrogen-bond acceptors (Lipinski definition) is 6. The van der Waals surface area contributed by atoms with Crippen LogP contribution in [0.15, 0.2) is 30.5 Å². The van der Waals surface area contributed by atoms with Crippen LogP contribution < -0.4 is 0 Å². The smallest absolute Gasteiger partial charge is 0.174 e. The van der Waals surface area contributed by atoms with E-state index in [2.05, 4.69) is 23.9 Å². The lowest BCUT2D eigenvalue weighted by molar-refractivity contribution is -0.0265. The summed E-state index contributed by atoms with van der Waals surface area (Å²) >= 11 is 0. The molecule has 0 saturated carbocycles. The highest BCUT2D eigenvalue weighted by Crippen LogP contribution is 2.23. The molecule has 0 spiro atoms. The number of para-hydroxylation sites is 2. The zero-order valence-electron chi connectivity index (χ0n) is 16.0. The van der Waals surface area contributed by atoms with Crippen LogP contribution in [0.2, 0.25) is 0 Å². The third-order valence-electron chi connectivity index (χ3n) is 4.89. The Morgan fingerprint density at radius 1 is 1.15 bits per heavy atom. The highest BCUT2D eigenvalue weighted by Gasteiger charge is 2.26. The summed E-state index contributed by atoms with van der Waals surface area (Å²) in [4.78, 5) is 16.4. The molecule has 0 bridgehead atoms. The number of fused-ring (bicyclic) bond motifs is 1. The maximum Gasteiger partial charge on any atom is 0.174 e. The van der Waals surface area contributed by atoms with Crippen molar-refractivity contribution < 1.29 is 4.74 Å². The van der Waals surface area contributed by atoms with E-state index in [1.165, 1.54) is 12.8 Å². The molecule has 27 heavy (non-hydrogen) atoms. The van der Waals surface area contributed by atoms with Gasteiger partial charge in [0.15, 0.2) is 17.5 Å². The zero-order valence-corrected chi connectivity index (χ0v) is 16.0. The van der Waals surface area contributed by atoms with Crippen molar-refractivity contribution in [1.82, 2.24) is 29.6 Å². The number of hydrogen-bond donors (Lipinski definition) is 0. The predicted octanol–water partition coefficient (Wildman–Crippen LogP) is 2.95. The van der Waals surface area contributed by atoms with Gasteiger partial charge in [-0.2, -0.15) is 4.68 Å². The summed E-state index contributed by atoms with van der Waals surface area (Å²) in [6.07, 6.45) is 5.99. The van der Waals surface area contributed by atoms with Gasteiger partial charge in [-0.1, -0.05) is 31.9 Å². The van der Waals surface area contributed by atoms with Crippen LogP contribution in [0, 0.1) is 0 Å². The highest BCUT2D eigenvalue weighted by atomic mass is 16.5. The van der Waals surface area contributed by atoms with Gasteiger partial charge in [0.25, 0.3) is 0 Å². The normalized spacial score (nSPS) is 18.2. The van der Waals surface area contributed by atoms with E-state index >= 15 is 0 Å². The third-order valence-corrected chi connectivity index (χ3v) is 4.89. The van der Waals surface area contributed by atoms with Gasteiger partial charge in [-0.05, 0) is 25.6 Å². The number of nitrogens with zero attached hydrogens (tertiary/aromatic N) is 6. The molecule has 1 unspecified atom stereocenters. The number of unbranched alkanes of at least 4 members (excludes halogenated alkanes) is 2. The maximum atomic E-state index is 6.01. The first-order valence-corrected chi connectivity index (χ1v) is 9.72. The fourth-order valence-corrected chi connectivity index (χ4v) is 3.37. The number of rotatable bonds is 6. The molecule has 0 radical (unpaired) electrons. The number of benzene rings is 1. The molecular formula is C20H26N6O. The number of aryl methyl sites for hydroxylation is 1. The predicted molar refractivity (Wildman–Crippen MR) is 104 cm³/mol. The Morgan fingerprint density at radius 3 is 2.81 bits per heavy atom. The van der Waals surface area contributed by atoms with Crippen LogP contribution in [-0.4, -0.2) is 56.4 Å². The van der Waals surface area contributed by atoms with Crippen LogP contribution in [0.4, 0.5) is 0 Å². The maximum absolute atomic E-state index is 6.01.